The van der Waals surface area contributed by atoms with Gasteiger partial charge >= 0.3 is 5.97 Å². The molecule has 4 rings (SSSR count). The molecule has 284 valence electrons. The first-order valence-corrected chi connectivity index (χ1v) is 18.5. The standard InChI is InChI=1S/C42H54N4O7/c1-9-41(4,5)31-22-23-36(34(28-31)42(6,7)10-2)53-26-14-13-24-44(39(48)30-17-15-18-32(27-30)46(50)51)29(3)38-43-35-20-12-11-19-33(35)40(49)45(38)25-16-21-37(47)52-8/h11-12,15,17-20,22-23,27-29H,9-10,13-14,16,21,24-26H2,1-8H3. The number of hydrogen-bond acceptors (Lipinski definition) is 8. The van der Waals surface area contributed by atoms with Crippen molar-refractivity contribution >= 4 is 28.5 Å². The van der Waals surface area contributed by atoms with Crippen LogP contribution in [-0.2, 0) is 26.9 Å². The molecule has 4 aromatic rings. The fraction of sp³-hybridized carbons (Fsp3) is 0.476. The van der Waals surface area contributed by atoms with Gasteiger partial charge in [0.1, 0.15) is 11.6 Å². The average molecular weight is 727 g/mol. The number of aromatic nitrogens is 2. The molecule has 3 aromatic carbocycles. The SMILES string of the molecule is CCC(C)(C)c1ccc(OCCCCN(C(=O)c2cccc([N+](=O)[O-])c2)C(C)c2nc3ccccc3c(=O)n2CCCC(=O)OC)c(C(C)(C)CC)c1. The van der Waals surface area contributed by atoms with E-state index in [4.69, 9.17) is 14.5 Å². The molecule has 11 heteroatoms. The normalized spacial score (nSPS) is 12.4. The molecule has 0 bridgehead atoms. The number of para-hydroxylation sites is 1. The molecule has 1 atom stereocenters. The van der Waals surface area contributed by atoms with E-state index in [1.165, 1.54) is 41.0 Å². The predicted octanol–water partition coefficient (Wildman–Crippen LogP) is 8.70. The Kier molecular flexibility index (Phi) is 13.5. The second-order valence-electron chi connectivity index (χ2n) is 14.8. The number of methoxy groups -OCH3 is 1. The van der Waals surface area contributed by atoms with Gasteiger partial charge in [0, 0.05) is 42.8 Å². The van der Waals surface area contributed by atoms with Gasteiger partial charge in [0.15, 0.2) is 0 Å². The van der Waals surface area contributed by atoms with E-state index in [0.717, 1.165) is 18.6 Å². The van der Waals surface area contributed by atoms with E-state index in [1.54, 1.807) is 42.2 Å². The van der Waals surface area contributed by atoms with Gasteiger partial charge in [0.25, 0.3) is 17.2 Å². The molecule has 1 amide bonds. The molecule has 53 heavy (non-hydrogen) atoms. The maximum Gasteiger partial charge on any atom is 0.305 e. The molecule has 0 radical (unpaired) electrons. The van der Waals surface area contributed by atoms with Crippen LogP contribution in [0.15, 0.2) is 71.5 Å². The Balaban J connectivity index is 1.64. The van der Waals surface area contributed by atoms with Crippen LogP contribution in [0.4, 0.5) is 5.69 Å². The maximum atomic E-state index is 14.2. The minimum atomic E-state index is -0.704. The van der Waals surface area contributed by atoms with Crippen molar-refractivity contribution in [2.24, 2.45) is 0 Å². The minimum Gasteiger partial charge on any atom is -0.493 e. The summed E-state index contributed by atoms with van der Waals surface area (Å²) in [7, 11) is 1.32. The zero-order valence-electron chi connectivity index (χ0n) is 32.4. The molecule has 0 aliphatic heterocycles. The lowest BCUT2D eigenvalue weighted by molar-refractivity contribution is -0.384. The van der Waals surface area contributed by atoms with Crippen molar-refractivity contribution in [1.82, 2.24) is 14.5 Å². The van der Waals surface area contributed by atoms with Gasteiger partial charge in [-0.25, -0.2) is 4.98 Å². The number of carbonyl (C=O) groups excluding carboxylic acids is 2. The predicted molar refractivity (Wildman–Crippen MR) is 208 cm³/mol. The number of nitro benzene ring substituents is 1. The zero-order valence-corrected chi connectivity index (χ0v) is 32.4. The van der Waals surface area contributed by atoms with Crippen molar-refractivity contribution in [2.45, 2.75) is 110 Å². The second kappa shape index (κ2) is 17.6. The highest BCUT2D eigenvalue weighted by atomic mass is 16.6. The van der Waals surface area contributed by atoms with Crippen molar-refractivity contribution in [3.8, 4) is 5.75 Å². The molecule has 0 saturated heterocycles. The first-order chi connectivity index (χ1) is 25.1. The number of esters is 1. The van der Waals surface area contributed by atoms with Crippen molar-refractivity contribution in [3.05, 3.63) is 110 Å². The fourth-order valence-corrected chi connectivity index (χ4v) is 6.30. The van der Waals surface area contributed by atoms with Crippen LogP contribution in [0.5, 0.6) is 5.75 Å². The molecular formula is C42H54N4O7. The number of nitrogens with zero attached hydrogens (tertiary/aromatic N) is 4. The average Bonchev–Trinajstić information content (AvgIpc) is 3.16. The zero-order chi connectivity index (χ0) is 38.9. The third-order valence-electron chi connectivity index (χ3n) is 10.6. The van der Waals surface area contributed by atoms with Gasteiger partial charge in [-0.2, -0.15) is 0 Å². The van der Waals surface area contributed by atoms with Crippen molar-refractivity contribution < 1.29 is 24.0 Å². The lowest BCUT2D eigenvalue weighted by Crippen LogP contribution is -2.38. The van der Waals surface area contributed by atoms with E-state index >= 15 is 0 Å². The monoisotopic (exact) mass is 726 g/mol. The highest BCUT2D eigenvalue weighted by Crippen LogP contribution is 2.38. The van der Waals surface area contributed by atoms with Gasteiger partial charge in [0.2, 0.25) is 0 Å². The summed E-state index contributed by atoms with van der Waals surface area (Å²) in [5, 5.41) is 12.0. The van der Waals surface area contributed by atoms with Crippen LogP contribution in [-0.4, -0.2) is 51.5 Å². The van der Waals surface area contributed by atoms with Gasteiger partial charge < -0.3 is 14.4 Å². The number of amides is 1. The lowest BCUT2D eigenvalue weighted by Gasteiger charge is -2.31. The molecule has 1 unspecified atom stereocenters. The summed E-state index contributed by atoms with van der Waals surface area (Å²) in [6.45, 7) is 16.0. The van der Waals surface area contributed by atoms with Gasteiger partial charge in [-0.1, -0.05) is 71.9 Å². The smallest absolute Gasteiger partial charge is 0.305 e. The summed E-state index contributed by atoms with van der Waals surface area (Å²) < 4.78 is 12.7. The van der Waals surface area contributed by atoms with E-state index in [0.29, 0.717) is 42.6 Å². The van der Waals surface area contributed by atoms with E-state index in [-0.39, 0.29) is 47.2 Å². The maximum absolute atomic E-state index is 14.2. The van der Waals surface area contributed by atoms with E-state index in [1.807, 2.05) is 0 Å². The Morgan fingerprint density at radius 3 is 2.34 bits per heavy atom. The van der Waals surface area contributed by atoms with Crippen LogP contribution in [0, 0.1) is 10.1 Å². The summed E-state index contributed by atoms with van der Waals surface area (Å²) in [5.41, 5.74) is 2.56. The molecule has 1 heterocycles. The number of unbranched alkanes of at least 4 members (excludes halogenated alkanes) is 1. The Bertz CT molecular complexity index is 1980. The van der Waals surface area contributed by atoms with Crippen LogP contribution in [0.25, 0.3) is 10.9 Å². The van der Waals surface area contributed by atoms with Crippen LogP contribution >= 0.6 is 0 Å². The van der Waals surface area contributed by atoms with Crippen molar-refractivity contribution in [3.63, 3.8) is 0 Å². The topological polar surface area (TPSA) is 134 Å². The number of ether oxygens (including phenoxy) is 2. The first-order valence-electron chi connectivity index (χ1n) is 18.5. The van der Waals surface area contributed by atoms with E-state index in [2.05, 4.69) is 59.7 Å². The largest absolute Gasteiger partial charge is 0.493 e. The van der Waals surface area contributed by atoms with Crippen LogP contribution in [0.2, 0.25) is 0 Å². The number of non-ortho nitro benzene ring substituents is 1. The molecule has 0 N–H and O–H groups in total. The number of nitro groups is 1. The Morgan fingerprint density at radius 2 is 1.66 bits per heavy atom. The summed E-state index contributed by atoms with van der Waals surface area (Å²) in [5.74, 6) is 0.390. The Labute approximate surface area is 312 Å². The van der Waals surface area contributed by atoms with Crippen LogP contribution in [0.1, 0.15) is 120 Å². The molecule has 11 nitrogen and oxygen atoms in total. The molecule has 1 aromatic heterocycles. The molecular weight excluding hydrogens is 672 g/mol. The number of benzene rings is 3. The van der Waals surface area contributed by atoms with Crippen molar-refractivity contribution in [1.29, 1.82) is 0 Å². The van der Waals surface area contributed by atoms with Crippen LogP contribution in [0.3, 0.4) is 0 Å². The third-order valence-corrected chi connectivity index (χ3v) is 10.6. The first kappa shape index (κ1) is 40.7. The van der Waals surface area contributed by atoms with Gasteiger partial charge in [-0.3, -0.25) is 29.1 Å². The van der Waals surface area contributed by atoms with Gasteiger partial charge in [-0.05, 0) is 79.7 Å². The number of fused-ring (bicyclic) bond motifs is 1. The molecule has 0 aliphatic carbocycles. The second-order valence-corrected chi connectivity index (χ2v) is 14.8. The fourth-order valence-electron chi connectivity index (χ4n) is 6.30. The minimum absolute atomic E-state index is 0.0369. The molecule has 0 aliphatic rings. The molecule has 0 fully saturated rings. The summed E-state index contributed by atoms with van der Waals surface area (Å²) in [6, 6.07) is 18.5. The number of rotatable bonds is 18. The van der Waals surface area contributed by atoms with Gasteiger partial charge in [0.05, 0.1) is 35.6 Å². The Morgan fingerprint density at radius 1 is 0.943 bits per heavy atom. The summed E-state index contributed by atoms with van der Waals surface area (Å²) >= 11 is 0. The van der Waals surface area contributed by atoms with Crippen LogP contribution < -0.4 is 10.3 Å². The number of hydrogen-bond donors (Lipinski definition) is 0. The molecule has 0 spiro atoms. The lowest BCUT2D eigenvalue weighted by atomic mass is 9.76. The highest BCUT2D eigenvalue weighted by molar-refractivity contribution is 5.95. The molecule has 0 saturated carbocycles. The highest BCUT2D eigenvalue weighted by Gasteiger charge is 2.29. The van der Waals surface area contributed by atoms with Crippen molar-refractivity contribution in [2.75, 3.05) is 20.3 Å². The number of carbonyl (C=O) groups is 2. The third kappa shape index (κ3) is 9.68. The Hall–Kier alpha value is -5.06. The quantitative estimate of drug-likeness (QED) is 0.0430. The van der Waals surface area contributed by atoms with E-state index in [9.17, 15) is 24.5 Å². The van der Waals surface area contributed by atoms with E-state index < -0.39 is 22.8 Å². The summed E-state index contributed by atoms with van der Waals surface area (Å²) in [6.07, 6.45) is 3.58. The van der Waals surface area contributed by atoms with Gasteiger partial charge in [-0.15, -0.1) is 0 Å². The summed E-state index contributed by atoms with van der Waals surface area (Å²) in [4.78, 5) is 57.6.